The zero-order valence-corrected chi connectivity index (χ0v) is 10.7. The summed E-state index contributed by atoms with van der Waals surface area (Å²) in [6.45, 7) is 6.01. The van der Waals surface area contributed by atoms with Crippen molar-refractivity contribution in [2.45, 2.75) is 63.5 Å². The normalized spacial score (nSPS) is 21.7. The molecule has 0 radical (unpaired) electrons. The van der Waals surface area contributed by atoms with Crippen LogP contribution in [-0.4, -0.2) is 18.8 Å². The second-order valence-electron chi connectivity index (χ2n) is 5.04. The number of rotatable bonds is 6. The van der Waals surface area contributed by atoms with E-state index in [-0.39, 0.29) is 11.6 Å². The molecule has 3 nitrogen and oxygen atoms in total. The maximum atomic E-state index is 5.79. The lowest BCUT2D eigenvalue weighted by molar-refractivity contribution is -0.0692. The van der Waals surface area contributed by atoms with Crippen molar-refractivity contribution < 1.29 is 4.74 Å². The molecule has 0 amide bonds. The van der Waals surface area contributed by atoms with Gasteiger partial charge in [0, 0.05) is 7.11 Å². The first-order valence-corrected chi connectivity index (χ1v) is 6.30. The Morgan fingerprint density at radius 1 is 1.44 bits per heavy atom. The van der Waals surface area contributed by atoms with Crippen LogP contribution in [0.3, 0.4) is 0 Å². The molecule has 1 aliphatic rings. The fourth-order valence-electron chi connectivity index (χ4n) is 2.73. The number of hydrogen-bond acceptors (Lipinski definition) is 3. The van der Waals surface area contributed by atoms with Gasteiger partial charge in [-0.05, 0) is 32.6 Å². The van der Waals surface area contributed by atoms with Gasteiger partial charge in [-0.25, -0.2) is 0 Å². The molecule has 0 spiro atoms. The van der Waals surface area contributed by atoms with E-state index < -0.39 is 0 Å². The molecule has 16 heavy (non-hydrogen) atoms. The standard InChI is InChI=1S/C13H26N2O/c1-11(2)7-8-12(15-14)13(16-3)9-5-4-6-10-13/h12,15H,1,4-10,14H2,2-3H3. The van der Waals surface area contributed by atoms with Crippen LogP contribution in [0.2, 0.25) is 0 Å². The molecule has 3 heteroatoms. The Labute approximate surface area is 99.4 Å². The van der Waals surface area contributed by atoms with Gasteiger partial charge in [-0.1, -0.05) is 24.8 Å². The van der Waals surface area contributed by atoms with E-state index in [4.69, 9.17) is 10.6 Å². The molecule has 0 aromatic heterocycles. The van der Waals surface area contributed by atoms with Crippen molar-refractivity contribution in [2.75, 3.05) is 7.11 Å². The quantitative estimate of drug-likeness (QED) is 0.415. The summed E-state index contributed by atoms with van der Waals surface area (Å²) in [5.74, 6) is 5.69. The third-order valence-corrected chi connectivity index (χ3v) is 3.80. The van der Waals surface area contributed by atoms with Gasteiger partial charge in [0.15, 0.2) is 0 Å². The fraction of sp³-hybridized carbons (Fsp3) is 0.846. The zero-order chi connectivity index (χ0) is 12.0. The first kappa shape index (κ1) is 13.7. The molecule has 1 fully saturated rings. The van der Waals surface area contributed by atoms with Gasteiger partial charge in [0.05, 0.1) is 11.6 Å². The average Bonchev–Trinajstić information content (AvgIpc) is 2.30. The van der Waals surface area contributed by atoms with Gasteiger partial charge in [-0.3, -0.25) is 11.3 Å². The largest absolute Gasteiger partial charge is 0.377 e. The molecule has 1 rings (SSSR count). The summed E-state index contributed by atoms with van der Waals surface area (Å²) in [7, 11) is 1.82. The van der Waals surface area contributed by atoms with Crippen molar-refractivity contribution in [1.82, 2.24) is 5.43 Å². The lowest BCUT2D eigenvalue weighted by atomic mass is 9.77. The predicted molar refractivity (Wildman–Crippen MR) is 68.0 cm³/mol. The van der Waals surface area contributed by atoms with E-state index >= 15 is 0 Å². The molecule has 0 heterocycles. The summed E-state index contributed by atoms with van der Waals surface area (Å²) in [6, 6.07) is 0.245. The van der Waals surface area contributed by atoms with Gasteiger partial charge < -0.3 is 4.74 Å². The molecule has 0 aliphatic heterocycles. The third-order valence-electron chi connectivity index (χ3n) is 3.80. The summed E-state index contributed by atoms with van der Waals surface area (Å²) < 4.78 is 5.79. The third kappa shape index (κ3) is 3.30. The van der Waals surface area contributed by atoms with Crippen LogP contribution in [0.4, 0.5) is 0 Å². The van der Waals surface area contributed by atoms with Crippen LogP contribution >= 0.6 is 0 Å². The molecule has 94 valence electrons. The maximum Gasteiger partial charge on any atom is 0.0844 e. The second kappa shape index (κ2) is 6.38. The van der Waals surface area contributed by atoms with Gasteiger partial charge in [0.25, 0.3) is 0 Å². The Morgan fingerprint density at radius 3 is 2.50 bits per heavy atom. The molecule has 1 aliphatic carbocycles. The molecule has 0 bridgehead atoms. The molecular formula is C13H26N2O. The number of allylic oxidation sites excluding steroid dienone is 1. The Balaban J connectivity index is 2.62. The Morgan fingerprint density at radius 2 is 2.06 bits per heavy atom. The monoisotopic (exact) mass is 226 g/mol. The van der Waals surface area contributed by atoms with Crippen molar-refractivity contribution in [1.29, 1.82) is 0 Å². The summed E-state index contributed by atoms with van der Waals surface area (Å²) in [5.41, 5.74) is 4.11. The number of methoxy groups -OCH3 is 1. The van der Waals surface area contributed by atoms with Crippen molar-refractivity contribution in [3.8, 4) is 0 Å². The van der Waals surface area contributed by atoms with E-state index in [2.05, 4.69) is 18.9 Å². The molecule has 0 aromatic rings. The van der Waals surface area contributed by atoms with Crippen LogP contribution in [-0.2, 0) is 4.74 Å². The zero-order valence-electron chi connectivity index (χ0n) is 10.7. The Kier molecular flexibility index (Phi) is 5.46. The van der Waals surface area contributed by atoms with Crippen molar-refractivity contribution in [3.05, 3.63) is 12.2 Å². The van der Waals surface area contributed by atoms with Crippen molar-refractivity contribution in [2.24, 2.45) is 5.84 Å². The van der Waals surface area contributed by atoms with Crippen LogP contribution < -0.4 is 11.3 Å². The number of hydrogen-bond donors (Lipinski definition) is 2. The van der Waals surface area contributed by atoms with E-state index in [1.54, 1.807) is 0 Å². The summed E-state index contributed by atoms with van der Waals surface area (Å²) in [5, 5.41) is 0. The summed E-state index contributed by atoms with van der Waals surface area (Å²) in [6.07, 6.45) is 8.09. The SMILES string of the molecule is C=C(C)CCC(NN)C1(OC)CCCCC1. The van der Waals surface area contributed by atoms with Gasteiger partial charge in [0.2, 0.25) is 0 Å². The van der Waals surface area contributed by atoms with Crippen LogP contribution in [0.25, 0.3) is 0 Å². The minimum absolute atomic E-state index is 0.0531. The van der Waals surface area contributed by atoms with Crippen molar-refractivity contribution >= 4 is 0 Å². The number of hydrazine groups is 1. The maximum absolute atomic E-state index is 5.79. The van der Waals surface area contributed by atoms with Crippen LogP contribution in [0.1, 0.15) is 51.9 Å². The topological polar surface area (TPSA) is 47.3 Å². The fourth-order valence-corrected chi connectivity index (χ4v) is 2.73. The van der Waals surface area contributed by atoms with Gasteiger partial charge in [-0.2, -0.15) is 0 Å². The van der Waals surface area contributed by atoms with Gasteiger partial charge in [0.1, 0.15) is 0 Å². The van der Waals surface area contributed by atoms with Gasteiger partial charge >= 0.3 is 0 Å². The molecule has 1 saturated carbocycles. The van der Waals surface area contributed by atoms with E-state index in [1.807, 2.05) is 7.11 Å². The molecular weight excluding hydrogens is 200 g/mol. The highest BCUT2D eigenvalue weighted by Gasteiger charge is 2.39. The molecule has 1 atom stereocenters. The molecule has 1 unspecified atom stereocenters. The molecule has 0 aromatic carbocycles. The van der Waals surface area contributed by atoms with Crippen LogP contribution in [0.15, 0.2) is 12.2 Å². The lowest BCUT2D eigenvalue weighted by Gasteiger charge is -2.42. The summed E-state index contributed by atoms with van der Waals surface area (Å²) >= 11 is 0. The molecule has 0 saturated heterocycles. The first-order valence-electron chi connectivity index (χ1n) is 6.30. The minimum atomic E-state index is -0.0531. The number of ether oxygens (including phenoxy) is 1. The highest BCUT2D eigenvalue weighted by Crippen LogP contribution is 2.35. The average molecular weight is 226 g/mol. The predicted octanol–water partition coefficient (Wildman–Crippen LogP) is 2.52. The highest BCUT2D eigenvalue weighted by atomic mass is 16.5. The minimum Gasteiger partial charge on any atom is -0.377 e. The van der Waals surface area contributed by atoms with E-state index in [0.717, 1.165) is 25.7 Å². The van der Waals surface area contributed by atoms with Crippen LogP contribution in [0.5, 0.6) is 0 Å². The number of nitrogens with two attached hydrogens (primary N) is 1. The van der Waals surface area contributed by atoms with Crippen LogP contribution in [0, 0.1) is 0 Å². The second-order valence-corrected chi connectivity index (χ2v) is 5.04. The van der Waals surface area contributed by atoms with E-state index in [1.165, 1.54) is 24.8 Å². The molecule has 3 N–H and O–H groups in total. The first-order chi connectivity index (χ1) is 7.64. The van der Waals surface area contributed by atoms with Crippen molar-refractivity contribution in [3.63, 3.8) is 0 Å². The highest BCUT2D eigenvalue weighted by molar-refractivity contribution is 4.97. The Bertz CT molecular complexity index is 222. The van der Waals surface area contributed by atoms with E-state index in [0.29, 0.717) is 0 Å². The smallest absolute Gasteiger partial charge is 0.0844 e. The Hall–Kier alpha value is -0.380. The summed E-state index contributed by atoms with van der Waals surface area (Å²) in [4.78, 5) is 0. The van der Waals surface area contributed by atoms with Gasteiger partial charge in [-0.15, -0.1) is 6.58 Å². The van der Waals surface area contributed by atoms with E-state index in [9.17, 15) is 0 Å². The lowest BCUT2D eigenvalue weighted by Crippen LogP contribution is -2.55. The number of nitrogens with one attached hydrogen (secondary N) is 1.